The maximum Gasteiger partial charge on any atom is 0.245 e. The van der Waals surface area contributed by atoms with E-state index in [2.05, 4.69) is 35.1 Å². The van der Waals surface area contributed by atoms with Crippen LogP contribution in [0.1, 0.15) is 5.69 Å². The Kier molecular flexibility index (Phi) is 5.89. The molecule has 0 amide bonds. The molecule has 0 spiro atoms. The Balaban J connectivity index is 0.00000208. The van der Waals surface area contributed by atoms with Gasteiger partial charge in [0, 0.05) is 18.7 Å². The quantitative estimate of drug-likeness (QED) is 0.703. The molecule has 0 fully saturated rings. The highest BCUT2D eigenvalue weighted by Gasteiger charge is 2.13. The van der Waals surface area contributed by atoms with E-state index in [4.69, 9.17) is 23.2 Å². The van der Waals surface area contributed by atoms with Crippen LogP contribution in [0.25, 0.3) is 11.3 Å². The minimum Gasteiger partial charge on any atom is -0.344 e. The Bertz CT molecular complexity index is 837. The lowest BCUT2D eigenvalue weighted by Crippen LogP contribution is -2.17. The van der Waals surface area contributed by atoms with Crippen molar-refractivity contribution in [3.05, 3.63) is 33.9 Å². The van der Waals surface area contributed by atoms with Crippen LogP contribution < -0.4 is 11.5 Å². The van der Waals surface area contributed by atoms with Crippen molar-refractivity contribution in [2.24, 2.45) is 0 Å². The molecule has 0 unspecified atom stereocenters. The molecule has 2 heterocycles. The maximum absolute atomic E-state index is 6.05. The lowest BCUT2D eigenvalue weighted by Gasteiger charge is -2.13. The van der Waals surface area contributed by atoms with Gasteiger partial charge in [-0.2, -0.15) is 0 Å². The second-order valence-corrected chi connectivity index (χ2v) is 6.05. The summed E-state index contributed by atoms with van der Waals surface area (Å²) in [5.41, 5.74) is 2.27. The molecule has 0 atom stereocenters. The van der Waals surface area contributed by atoms with Gasteiger partial charge in [-0.1, -0.05) is 23.2 Å². The molecule has 0 radical (unpaired) electrons. The Morgan fingerprint density at radius 1 is 1.08 bits per heavy atom. The molecular weight excluding hydrogens is 353 g/mol. The van der Waals surface area contributed by atoms with E-state index in [0.29, 0.717) is 33.6 Å². The van der Waals surface area contributed by atoms with Crippen molar-refractivity contribution in [2.75, 3.05) is 26.0 Å². The number of nitrogens with zero attached hydrogens (tertiary/aromatic N) is 5. The van der Waals surface area contributed by atoms with Gasteiger partial charge in [0.25, 0.3) is 0 Å². The van der Waals surface area contributed by atoms with Crippen molar-refractivity contribution >= 4 is 46.0 Å². The van der Waals surface area contributed by atoms with Crippen molar-refractivity contribution in [3.63, 3.8) is 0 Å². The Hall–Kier alpha value is -2.00. The van der Waals surface area contributed by atoms with Crippen LogP contribution in [0.5, 0.6) is 0 Å². The molecular formula is C14H17Cl2N7O. The number of hydrogen-bond donors (Lipinski definition) is 2. The number of anilines is 2. The lowest BCUT2D eigenvalue weighted by atomic mass is 10.2. The van der Waals surface area contributed by atoms with Crippen LogP contribution in [0.2, 0.25) is 10.0 Å². The number of halogens is 2. The molecule has 0 aliphatic heterocycles. The smallest absolute Gasteiger partial charge is 0.245 e. The minimum absolute atomic E-state index is 0. The third-order valence-electron chi connectivity index (χ3n) is 3.16. The summed E-state index contributed by atoms with van der Waals surface area (Å²) in [6, 6.07) is 5.26. The third kappa shape index (κ3) is 4.09. The van der Waals surface area contributed by atoms with Crippen molar-refractivity contribution in [2.45, 2.75) is 6.42 Å². The van der Waals surface area contributed by atoms with Crippen molar-refractivity contribution in [1.29, 1.82) is 0 Å². The topological polar surface area (TPSA) is 115 Å². The first-order chi connectivity index (χ1) is 11.0. The number of fused-ring (bicyclic) bond motifs is 1. The van der Waals surface area contributed by atoms with E-state index in [0.717, 1.165) is 17.9 Å². The molecule has 8 nitrogen and oxygen atoms in total. The summed E-state index contributed by atoms with van der Waals surface area (Å²) in [5.74, 6) is 0.591. The normalized spacial score (nSPS) is 10.9. The van der Waals surface area contributed by atoms with E-state index in [9.17, 15) is 0 Å². The summed E-state index contributed by atoms with van der Waals surface area (Å²) in [7, 11) is 3.99. The van der Waals surface area contributed by atoms with Gasteiger partial charge in [-0.3, -0.25) is 0 Å². The molecule has 1 aromatic carbocycles. The molecule has 0 saturated carbocycles. The minimum atomic E-state index is 0. The van der Waals surface area contributed by atoms with E-state index in [1.54, 1.807) is 12.1 Å². The SMILES string of the molecule is CN(C)CCc1nc2nonc2nc1Nc1ccc(Cl)c(Cl)c1.N. The third-order valence-corrected chi connectivity index (χ3v) is 3.90. The van der Waals surface area contributed by atoms with E-state index >= 15 is 0 Å². The van der Waals surface area contributed by atoms with E-state index in [1.807, 2.05) is 20.2 Å². The summed E-state index contributed by atoms with van der Waals surface area (Å²) >= 11 is 12.0. The first-order valence-electron chi connectivity index (χ1n) is 6.89. The van der Waals surface area contributed by atoms with Gasteiger partial charge in [0.15, 0.2) is 5.82 Å². The molecule has 3 aromatic rings. The van der Waals surface area contributed by atoms with Crippen LogP contribution in [0.15, 0.2) is 22.8 Å². The van der Waals surface area contributed by atoms with Crippen LogP contribution in [0.3, 0.4) is 0 Å². The molecule has 24 heavy (non-hydrogen) atoms. The lowest BCUT2D eigenvalue weighted by molar-refractivity contribution is 0.314. The number of aromatic nitrogens is 4. The van der Waals surface area contributed by atoms with Crippen molar-refractivity contribution in [1.82, 2.24) is 31.3 Å². The maximum atomic E-state index is 6.05. The highest BCUT2D eigenvalue weighted by atomic mass is 35.5. The summed E-state index contributed by atoms with van der Waals surface area (Å²) in [6.07, 6.45) is 0.701. The predicted molar refractivity (Wildman–Crippen MR) is 94.4 cm³/mol. The summed E-state index contributed by atoms with van der Waals surface area (Å²) < 4.78 is 4.68. The fraction of sp³-hybridized carbons (Fsp3) is 0.286. The molecule has 2 aromatic heterocycles. The molecule has 3 rings (SSSR count). The highest BCUT2D eigenvalue weighted by molar-refractivity contribution is 6.42. The fourth-order valence-corrected chi connectivity index (χ4v) is 2.28. The first kappa shape index (κ1) is 18.3. The first-order valence-corrected chi connectivity index (χ1v) is 7.64. The van der Waals surface area contributed by atoms with Crippen molar-refractivity contribution < 1.29 is 4.63 Å². The number of nitrogens with one attached hydrogen (secondary N) is 1. The summed E-state index contributed by atoms with van der Waals surface area (Å²) in [5, 5.41) is 11.6. The number of benzene rings is 1. The number of likely N-dealkylation sites (N-methyl/N-ethyl adjacent to an activating group) is 1. The zero-order valence-corrected chi connectivity index (χ0v) is 14.8. The number of rotatable bonds is 5. The van der Waals surface area contributed by atoms with Gasteiger partial charge < -0.3 is 16.4 Å². The zero-order valence-electron chi connectivity index (χ0n) is 13.3. The number of hydrogen-bond acceptors (Lipinski definition) is 8. The molecule has 0 aliphatic carbocycles. The van der Waals surface area contributed by atoms with Crippen LogP contribution in [-0.2, 0) is 6.42 Å². The van der Waals surface area contributed by atoms with Gasteiger partial charge in [-0.05, 0) is 42.6 Å². The average Bonchev–Trinajstić information content (AvgIpc) is 2.95. The molecule has 0 bridgehead atoms. The van der Waals surface area contributed by atoms with E-state index < -0.39 is 0 Å². The Labute approximate surface area is 148 Å². The second kappa shape index (κ2) is 7.71. The monoisotopic (exact) mass is 369 g/mol. The molecule has 128 valence electrons. The fourth-order valence-electron chi connectivity index (χ4n) is 1.99. The molecule has 10 heteroatoms. The average molecular weight is 370 g/mol. The van der Waals surface area contributed by atoms with Crippen LogP contribution in [0, 0.1) is 0 Å². The summed E-state index contributed by atoms with van der Waals surface area (Å²) in [4.78, 5) is 11.0. The standard InChI is InChI=1S/C14H14Cl2N6O.H3N/c1-22(2)6-5-11-12(19-14-13(18-11)20-23-21-14)17-8-3-4-9(15)10(16)7-8;/h3-4,7H,5-6H2,1-2H3,(H,17,19,21);1H3. The molecule has 0 aliphatic rings. The Morgan fingerprint density at radius 2 is 1.79 bits per heavy atom. The van der Waals surface area contributed by atoms with Gasteiger partial charge >= 0.3 is 0 Å². The van der Waals surface area contributed by atoms with Gasteiger partial charge in [0.2, 0.25) is 11.3 Å². The molecule has 4 N–H and O–H groups in total. The van der Waals surface area contributed by atoms with Gasteiger partial charge in [-0.25, -0.2) is 14.6 Å². The van der Waals surface area contributed by atoms with Crippen LogP contribution in [0.4, 0.5) is 11.5 Å². The second-order valence-electron chi connectivity index (χ2n) is 5.24. The highest BCUT2D eigenvalue weighted by Crippen LogP contribution is 2.27. The van der Waals surface area contributed by atoms with Crippen LogP contribution in [-0.4, -0.2) is 45.8 Å². The Morgan fingerprint density at radius 3 is 2.46 bits per heavy atom. The van der Waals surface area contributed by atoms with E-state index in [-0.39, 0.29) is 6.15 Å². The summed E-state index contributed by atoms with van der Waals surface area (Å²) in [6.45, 7) is 0.821. The van der Waals surface area contributed by atoms with Gasteiger partial charge in [0.1, 0.15) is 0 Å². The predicted octanol–water partition coefficient (Wildman–Crippen LogP) is 3.33. The largest absolute Gasteiger partial charge is 0.344 e. The van der Waals surface area contributed by atoms with Crippen molar-refractivity contribution in [3.8, 4) is 0 Å². The zero-order chi connectivity index (χ0) is 16.4. The van der Waals surface area contributed by atoms with E-state index in [1.165, 1.54) is 0 Å². The van der Waals surface area contributed by atoms with Gasteiger partial charge in [0.05, 0.1) is 15.7 Å². The van der Waals surface area contributed by atoms with Gasteiger partial charge in [-0.15, -0.1) is 0 Å². The molecule has 0 saturated heterocycles. The van der Waals surface area contributed by atoms with Crippen LogP contribution >= 0.6 is 23.2 Å².